The molecule has 37 heavy (non-hydrogen) atoms. The molecule has 1 aromatic heterocycles. The molecular weight excluding hydrogens is 485 g/mol. The molecule has 1 saturated heterocycles. The first-order chi connectivity index (χ1) is 17.5. The zero-order valence-electron chi connectivity index (χ0n) is 21.7. The Labute approximate surface area is 214 Å². The molecule has 0 aliphatic carbocycles. The summed E-state index contributed by atoms with van der Waals surface area (Å²) in [4.78, 5) is 27.1. The van der Waals surface area contributed by atoms with Gasteiger partial charge in [-0.1, -0.05) is 13.0 Å². The van der Waals surface area contributed by atoms with E-state index in [4.69, 9.17) is 0 Å². The summed E-state index contributed by atoms with van der Waals surface area (Å²) < 4.78 is 39.9. The SMILES string of the molecule is CCC/N=C(/CN1CCN(C(=O)/C=C/c2ccc(C(F)(F)F)cc2Cn2nnc(C)n2)CC1)N=C(C)C. The maximum atomic E-state index is 13.3. The van der Waals surface area contributed by atoms with Gasteiger partial charge in [-0.2, -0.15) is 18.0 Å². The number of benzene rings is 1. The topological polar surface area (TPSA) is 91.9 Å². The fourth-order valence-electron chi connectivity index (χ4n) is 3.84. The Hall–Kier alpha value is -3.41. The number of alkyl halides is 3. The van der Waals surface area contributed by atoms with E-state index in [1.807, 2.05) is 13.8 Å². The standard InChI is InChI=1S/C25H33F3N8O/c1-5-10-29-23(30-18(2)3)17-34-11-13-35(14-12-34)24(37)9-7-20-6-8-22(25(26,27)28)15-21(20)16-36-32-19(4)31-33-36/h6-9,15H,5,10-14,16-17H2,1-4H3/b9-7+,29-23-. The van der Waals surface area contributed by atoms with Gasteiger partial charge in [0.15, 0.2) is 5.82 Å². The van der Waals surface area contributed by atoms with Gasteiger partial charge >= 0.3 is 6.18 Å². The molecule has 2 aromatic rings. The third-order valence-electron chi connectivity index (χ3n) is 5.66. The van der Waals surface area contributed by atoms with Gasteiger partial charge in [-0.15, -0.1) is 10.2 Å². The van der Waals surface area contributed by atoms with Gasteiger partial charge in [0.2, 0.25) is 5.91 Å². The van der Waals surface area contributed by atoms with Crippen molar-refractivity contribution in [3.63, 3.8) is 0 Å². The lowest BCUT2D eigenvalue weighted by atomic mass is 10.0. The Morgan fingerprint density at radius 2 is 1.89 bits per heavy atom. The van der Waals surface area contributed by atoms with Crippen molar-refractivity contribution in [3.05, 3.63) is 46.8 Å². The fraction of sp³-hybridized carbons (Fsp3) is 0.520. The van der Waals surface area contributed by atoms with E-state index in [-0.39, 0.29) is 12.5 Å². The second-order valence-corrected chi connectivity index (χ2v) is 9.07. The second kappa shape index (κ2) is 12.7. The molecule has 0 saturated carbocycles. The number of halogens is 3. The molecule has 3 rings (SSSR count). The molecule has 0 spiro atoms. The largest absolute Gasteiger partial charge is 0.416 e. The van der Waals surface area contributed by atoms with Crippen molar-refractivity contribution in [2.75, 3.05) is 39.3 Å². The molecule has 1 aliphatic heterocycles. The van der Waals surface area contributed by atoms with Crippen molar-refractivity contribution >= 4 is 23.5 Å². The number of carbonyl (C=O) groups excluding carboxylic acids is 1. The highest BCUT2D eigenvalue weighted by Gasteiger charge is 2.31. The van der Waals surface area contributed by atoms with Crippen LogP contribution in [0.1, 0.15) is 49.7 Å². The van der Waals surface area contributed by atoms with Gasteiger partial charge in [-0.3, -0.25) is 14.7 Å². The molecule has 2 heterocycles. The van der Waals surface area contributed by atoms with Crippen LogP contribution in [0, 0.1) is 6.92 Å². The molecule has 1 aromatic carbocycles. The molecular formula is C25H33F3N8O. The number of nitrogens with zero attached hydrogens (tertiary/aromatic N) is 8. The maximum Gasteiger partial charge on any atom is 0.416 e. The molecule has 12 heteroatoms. The lowest BCUT2D eigenvalue weighted by Gasteiger charge is -2.34. The first-order valence-corrected chi connectivity index (χ1v) is 12.2. The van der Waals surface area contributed by atoms with E-state index in [1.165, 1.54) is 16.9 Å². The molecule has 200 valence electrons. The van der Waals surface area contributed by atoms with Crippen molar-refractivity contribution in [2.45, 2.75) is 46.8 Å². The first-order valence-electron chi connectivity index (χ1n) is 12.2. The highest BCUT2D eigenvalue weighted by molar-refractivity contribution is 5.97. The third kappa shape index (κ3) is 8.59. The molecule has 0 N–H and O–H groups in total. The summed E-state index contributed by atoms with van der Waals surface area (Å²) in [7, 11) is 0. The lowest BCUT2D eigenvalue weighted by molar-refractivity contribution is -0.137. The predicted octanol–water partition coefficient (Wildman–Crippen LogP) is 3.50. The van der Waals surface area contributed by atoms with Gasteiger partial charge in [0.1, 0.15) is 5.84 Å². The summed E-state index contributed by atoms with van der Waals surface area (Å²) in [6, 6.07) is 3.42. The summed E-state index contributed by atoms with van der Waals surface area (Å²) in [5.41, 5.74) is 1.00. The van der Waals surface area contributed by atoms with Gasteiger partial charge in [-0.25, -0.2) is 4.99 Å². The monoisotopic (exact) mass is 518 g/mol. The van der Waals surface area contributed by atoms with Crippen LogP contribution in [-0.4, -0.2) is 86.7 Å². The summed E-state index contributed by atoms with van der Waals surface area (Å²) >= 11 is 0. The molecule has 9 nitrogen and oxygen atoms in total. The highest BCUT2D eigenvalue weighted by atomic mass is 19.4. The van der Waals surface area contributed by atoms with Crippen molar-refractivity contribution in [1.82, 2.24) is 30.0 Å². The van der Waals surface area contributed by atoms with Crippen LogP contribution in [0.3, 0.4) is 0 Å². The predicted molar refractivity (Wildman–Crippen MR) is 137 cm³/mol. The van der Waals surface area contributed by atoms with Crippen molar-refractivity contribution in [3.8, 4) is 0 Å². The van der Waals surface area contributed by atoms with E-state index in [1.54, 1.807) is 17.9 Å². The van der Waals surface area contributed by atoms with Crippen LogP contribution in [0.2, 0.25) is 0 Å². The van der Waals surface area contributed by atoms with E-state index in [0.29, 0.717) is 49.7 Å². The third-order valence-corrected chi connectivity index (χ3v) is 5.66. The molecule has 0 radical (unpaired) electrons. The molecule has 0 bridgehead atoms. The van der Waals surface area contributed by atoms with Gasteiger partial charge < -0.3 is 4.90 Å². The van der Waals surface area contributed by atoms with Crippen LogP contribution >= 0.6 is 0 Å². The van der Waals surface area contributed by atoms with Crippen LogP contribution in [0.4, 0.5) is 13.2 Å². The Morgan fingerprint density at radius 3 is 2.49 bits per heavy atom. The number of amides is 1. The van der Waals surface area contributed by atoms with Gasteiger partial charge in [0.05, 0.1) is 18.7 Å². The van der Waals surface area contributed by atoms with E-state index < -0.39 is 11.7 Å². The van der Waals surface area contributed by atoms with E-state index in [9.17, 15) is 18.0 Å². The summed E-state index contributed by atoms with van der Waals surface area (Å²) in [6.07, 6.45) is -0.588. The van der Waals surface area contributed by atoms with Crippen LogP contribution in [0.25, 0.3) is 6.08 Å². The number of amidine groups is 1. The van der Waals surface area contributed by atoms with E-state index >= 15 is 0 Å². The molecule has 0 atom stereocenters. The van der Waals surface area contributed by atoms with Gasteiger partial charge in [0.25, 0.3) is 0 Å². The summed E-state index contributed by atoms with van der Waals surface area (Å²) in [5.74, 6) is 1.02. The number of aryl methyl sites for hydroxylation is 1. The number of hydrogen-bond acceptors (Lipinski definition) is 6. The Balaban J connectivity index is 1.66. The van der Waals surface area contributed by atoms with Crippen LogP contribution in [0.5, 0.6) is 0 Å². The van der Waals surface area contributed by atoms with Crippen LogP contribution in [0.15, 0.2) is 34.3 Å². The number of tetrazole rings is 1. The number of aliphatic imine (C=N–C) groups is 2. The Bertz CT molecular complexity index is 1160. The molecule has 0 unspecified atom stereocenters. The summed E-state index contributed by atoms with van der Waals surface area (Å²) in [6.45, 7) is 11.4. The van der Waals surface area contributed by atoms with E-state index in [0.717, 1.165) is 36.6 Å². The van der Waals surface area contributed by atoms with Crippen molar-refractivity contribution < 1.29 is 18.0 Å². The molecule has 1 amide bonds. The average molecular weight is 519 g/mol. The Morgan fingerprint density at radius 1 is 1.16 bits per heavy atom. The highest BCUT2D eigenvalue weighted by Crippen LogP contribution is 2.31. The molecule has 1 aliphatic rings. The van der Waals surface area contributed by atoms with Gasteiger partial charge in [0, 0.05) is 44.5 Å². The Kier molecular flexibility index (Phi) is 9.67. The number of aromatic nitrogens is 4. The first kappa shape index (κ1) is 28.2. The lowest BCUT2D eigenvalue weighted by Crippen LogP contribution is -2.49. The minimum atomic E-state index is -4.49. The number of carbonyl (C=O) groups is 1. The minimum Gasteiger partial charge on any atom is -0.337 e. The fourth-order valence-corrected chi connectivity index (χ4v) is 3.84. The average Bonchev–Trinajstić information content (AvgIpc) is 3.25. The van der Waals surface area contributed by atoms with Crippen LogP contribution < -0.4 is 0 Å². The second-order valence-electron chi connectivity index (χ2n) is 9.07. The van der Waals surface area contributed by atoms with E-state index in [2.05, 4.69) is 37.2 Å². The maximum absolute atomic E-state index is 13.3. The zero-order valence-corrected chi connectivity index (χ0v) is 21.7. The number of piperazine rings is 1. The number of hydrogen-bond donors (Lipinski definition) is 0. The van der Waals surface area contributed by atoms with Crippen LogP contribution in [-0.2, 0) is 17.5 Å². The quantitative estimate of drug-likeness (QED) is 0.303. The smallest absolute Gasteiger partial charge is 0.337 e. The normalized spacial score (nSPS) is 15.4. The van der Waals surface area contributed by atoms with Crippen molar-refractivity contribution in [2.24, 2.45) is 9.98 Å². The van der Waals surface area contributed by atoms with Crippen molar-refractivity contribution in [1.29, 1.82) is 0 Å². The molecule has 1 fully saturated rings. The zero-order chi connectivity index (χ0) is 27.0. The summed E-state index contributed by atoms with van der Waals surface area (Å²) in [5, 5.41) is 11.7. The minimum absolute atomic E-state index is 0.00106. The number of rotatable bonds is 8. The van der Waals surface area contributed by atoms with Gasteiger partial charge in [-0.05, 0) is 61.7 Å².